The molecule has 0 radical (unpaired) electrons. The molecule has 5 aliphatic rings. The first kappa shape index (κ1) is 20.8. The molecule has 6 nitrogen and oxygen atoms in total. The Hall–Kier alpha value is -1.79. The average Bonchev–Trinajstić information content (AvgIpc) is 3.48. The maximum absolute atomic E-state index is 13.0. The molecule has 3 heterocycles. The molecule has 3 saturated heterocycles. The van der Waals surface area contributed by atoms with E-state index in [-0.39, 0.29) is 41.0 Å². The van der Waals surface area contributed by atoms with Gasteiger partial charge in [0.15, 0.2) is 0 Å². The summed E-state index contributed by atoms with van der Waals surface area (Å²) in [6.45, 7) is 9.39. The molecule has 1 aromatic rings. The van der Waals surface area contributed by atoms with Crippen molar-refractivity contribution in [2.24, 2.45) is 23.2 Å². The van der Waals surface area contributed by atoms with Crippen molar-refractivity contribution in [1.82, 2.24) is 4.90 Å². The van der Waals surface area contributed by atoms with E-state index in [0.717, 1.165) is 44.9 Å². The van der Waals surface area contributed by atoms with Crippen molar-refractivity contribution in [2.75, 3.05) is 44.7 Å². The number of hydrogen-bond acceptors (Lipinski definition) is 6. The van der Waals surface area contributed by atoms with E-state index in [1.54, 1.807) is 7.11 Å². The predicted molar refractivity (Wildman–Crippen MR) is 122 cm³/mol. The van der Waals surface area contributed by atoms with Gasteiger partial charge >= 0.3 is 5.97 Å². The lowest BCUT2D eigenvalue weighted by atomic mass is 9.53. The monoisotopic (exact) mass is 440 g/mol. The first-order valence-electron chi connectivity index (χ1n) is 12.4. The highest BCUT2D eigenvalue weighted by Gasteiger charge is 2.78. The lowest BCUT2D eigenvalue weighted by Crippen LogP contribution is -2.55. The zero-order chi connectivity index (χ0) is 22.1. The van der Waals surface area contributed by atoms with Gasteiger partial charge in [-0.2, -0.15) is 0 Å². The fourth-order valence-electron chi connectivity index (χ4n) is 7.72. The third-order valence-corrected chi connectivity index (χ3v) is 9.44. The van der Waals surface area contributed by atoms with Gasteiger partial charge in [-0.05, 0) is 37.3 Å². The SMILES string of the molecule is COc1cccc(N2CCN(C[C@H]3C(=O)O[C@@H]4C[C@]5(C)CCC[C@@H](C)[C@]56O[C@H]6[C@H]43)CC2)c1. The number of epoxide rings is 1. The number of hydrogen-bond donors (Lipinski definition) is 0. The molecule has 6 rings (SSSR count). The van der Waals surface area contributed by atoms with Crippen LogP contribution >= 0.6 is 0 Å². The molecule has 1 aromatic carbocycles. The summed E-state index contributed by atoms with van der Waals surface area (Å²) in [7, 11) is 1.71. The van der Waals surface area contributed by atoms with Crippen molar-refractivity contribution in [2.45, 2.75) is 57.3 Å². The largest absolute Gasteiger partial charge is 0.497 e. The van der Waals surface area contributed by atoms with Crippen LogP contribution in [0.15, 0.2) is 24.3 Å². The smallest absolute Gasteiger partial charge is 0.311 e. The minimum Gasteiger partial charge on any atom is -0.497 e. The highest BCUT2D eigenvalue weighted by molar-refractivity contribution is 5.76. The number of methoxy groups -OCH3 is 1. The summed E-state index contributed by atoms with van der Waals surface area (Å²) in [5.74, 6) is 1.66. The van der Waals surface area contributed by atoms with Crippen LogP contribution in [0.25, 0.3) is 0 Å². The Bertz CT molecular complexity index is 900. The average molecular weight is 441 g/mol. The zero-order valence-corrected chi connectivity index (χ0v) is 19.6. The second-order valence-electron chi connectivity index (χ2n) is 11.0. The fourth-order valence-corrected chi connectivity index (χ4v) is 7.72. The fraction of sp³-hybridized carbons (Fsp3) is 0.731. The van der Waals surface area contributed by atoms with Gasteiger partial charge in [-0.1, -0.05) is 26.3 Å². The Morgan fingerprint density at radius 3 is 2.81 bits per heavy atom. The number of nitrogens with zero attached hydrogens (tertiary/aromatic N) is 2. The van der Waals surface area contributed by atoms with Crippen molar-refractivity contribution >= 4 is 11.7 Å². The van der Waals surface area contributed by atoms with Crippen molar-refractivity contribution < 1.29 is 19.0 Å². The van der Waals surface area contributed by atoms with Crippen LogP contribution in [0.3, 0.4) is 0 Å². The number of piperazine rings is 1. The minimum atomic E-state index is -0.0496. The normalized spacial score (nSPS) is 43.2. The molecule has 0 N–H and O–H groups in total. The van der Waals surface area contributed by atoms with E-state index in [4.69, 9.17) is 14.2 Å². The van der Waals surface area contributed by atoms with Gasteiger partial charge in [0.25, 0.3) is 0 Å². The van der Waals surface area contributed by atoms with Crippen LogP contribution in [0.5, 0.6) is 5.75 Å². The lowest BCUT2D eigenvalue weighted by molar-refractivity contribution is -0.146. The second-order valence-corrected chi connectivity index (χ2v) is 11.0. The Morgan fingerprint density at radius 1 is 1.22 bits per heavy atom. The number of fused-ring (bicyclic) bond motifs is 2. The van der Waals surface area contributed by atoms with Gasteiger partial charge in [0.2, 0.25) is 0 Å². The molecule has 7 atom stereocenters. The number of carbonyl (C=O) groups is 1. The first-order chi connectivity index (χ1) is 15.4. The molecule has 6 heteroatoms. The number of rotatable bonds is 4. The van der Waals surface area contributed by atoms with E-state index in [1.807, 2.05) is 12.1 Å². The van der Waals surface area contributed by atoms with E-state index in [0.29, 0.717) is 5.92 Å². The summed E-state index contributed by atoms with van der Waals surface area (Å²) in [5, 5.41) is 0. The second kappa shape index (κ2) is 7.36. The van der Waals surface area contributed by atoms with E-state index >= 15 is 0 Å². The highest BCUT2D eigenvalue weighted by Crippen LogP contribution is 2.70. The molecule has 3 aliphatic heterocycles. The molecule has 174 valence electrons. The Morgan fingerprint density at radius 2 is 2.03 bits per heavy atom. The van der Waals surface area contributed by atoms with Crippen molar-refractivity contribution in [3.8, 4) is 5.75 Å². The Labute approximate surface area is 191 Å². The highest BCUT2D eigenvalue weighted by atomic mass is 16.6. The zero-order valence-electron chi connectivity index (χ0n) is 19.6. The van der Waals surface area contributed by atoms with Crippen LogP contribution in [-0.4, -0.2) is 68.5 Å². The van der Waals surface area contributed by atoms with Gasteiger partial charge in [0, 0.05) is 55.8 Å². The predicted octanol–water partition coefficient (Wildman–Crippen LogP) is 3.34. The molecule has 0 aromatic heterocycles. The third-order valence-electron chi connectivity index (χ3n) is 9.44. The van der Waals surface area contributed by atoms with Crippen LogP contribution < -0.4 is 9.64 Å². The van der Waals surface area contributed by atoms with Crippen molar-refractivity contribution in [1.29, 1.82) is 0 Å². The van der Waals surface area contributed by atoms with Crippen LogP contribution in [0.1, 0.15) is 39.5 Å². The maximum atomic E-state index is 13.0. The van der Waals surface area contributed by atoms with E-state index in [2.05, 4.69) is 35.8 Å². The standard InChI is InChI=1S/C26H36N2O4/c1-17-6-5-9-25(2)15-21-22(23-26(17,25)32-23)20(24(29)31-21)16-27-10-12-28(13-11-27)18-7-4-8-19(14-18)30-3/h4,7-8,14,17,20-23H,5-6,9-13,15-16H2,1-3H3/t17-,20-,21-,22+,23+,25+,26-/m1/s1. The van der Waals surface area contributed by atoms with Gasteiger partial charge in [-0.25, -0.2) is 0 Å². The number of ether oxygens (including phenoxy) is 3. The molecular formula is C26H36N2O4. The Kier molecular flexibility index (Phi) is 4.78. The van der Waals surface area contributed by atoms with Crippen LogP contribution in [0, 0.1) is 23.2 Å². The van der Waals surface area contributed by atoms with E-state index < -0.39 is 0 Å². The maximum Gasteiger partial charge on any atom is 0.311 e. The van der Waals surface area contributed by atoms with Gasteiger partial charge in [-0.15, -0.1) is 0 Å². The number of benzene rings is 1. The molecule has 2 aliphatic carbocycles. The number of esters is 1. The molecule has 0 unspecified atom stereocenters. The van der Waals surface area contributed by atoms with Gasteiger partial charge in [0.1, 0.15) is 17.5 Å². The molecule has 5 fully saturated rings. The van der Waals surface area contributed by atoms with E-state index in [1.165, 1.54) is 24.9 Å². The summed E-state index contributed by atoms with van der Waals surface area (Å²) in [5.41, 5.74) is 1.35. The molecular weight excluding hydrogens is 404 g/mol. The topological polar surface area (TPSA) is 54.5 Å². The summed E-state index contributed by atoms with van der Waals surface area (Å²) in [6.07, 6.45) is 4.94. The summed E-state index contributed by atoms with van der Waals surface area (Å²) >= 11 is 0. The third kappa shape index (κ3) is 2.95. The van der Waals surface area contributed by atoms with Crippen molar-refractivity contribution in [3.63, 3.8) is 0 Å². The van der Waals surface area contributed by atoms with Gasteiger partial charge in [-0.3, -0.25) is 9.69 Å². The first-order valence-corrected chi connectivity index (χ1v) is 12.4. The summed E-state index contributed by atoms with van der Waals surface area (Å²) in [6, 6.07) is 8.27. The molecule has 1 spiro atoms. The van der Waals surface area contributed by atoms with Gasteiger partial charge < -0.3 is 19.1 Å². The quantitative estimate of drug-likeness (QED) is 0.529. The Balaban J connectivity index is 1.13. The lowest BCUT2D eigenvalue weighted by Gasteiger charge is -2.49. The van der Waals surface area contributed by atoms with Crippen LogP contribution in [-0.2, 0) is 14.3 Å². The van der Waals surface area contributed by atoms with Crippen LogP contribution in [0.4, 0.5) is 5.69 Å². The summed E-state index contributed by atoms with van der Waals surface area (Å²) in [4.78, 5) is 17.9. The molecule has 0 amide bonds. The van der Waals surface area contributed by atoms with Crippen LogP contribution in [0.2, 0.25) is 0 Å². The minimum absolute atomic E-state index is 0.00998. The number of anilines is 1. The summed E-state index contributed by atoms with van der Waals surface area (Å²) < 4.78 is 18.0. The van der Waals surface area contributed by atoms with Crippen molar-refractivity contribution in [3.05, 3.63) is 24.3 Å². The molecule has 32 heavy (non-hydrogen) atoms. The molecule has 2 saturated carbocycles. The van der Waals surface area contributed by atoms with E-state index in [9.17, 15) is 4.79 Å². The number of carbonyl (C=O) groups excluding carboxylic acids is 1. The van der Waals surface area contributed by atoms with Gasteiger partial charge in [0.05, 0.1) is 19.1 Å². The molecule has 0 bridgehead atoms.